The molecule has 1 amide bonds. The summed E-state index contributed by atoms with van der Waals surface area (Å²) in [6.45, 7) is 5.79. The Balaban J connectivity index is 2.10. The quantitative estimate of drug-likeness (QED) is 0.508. The molecule has 5 nitrogen and oxygen atoms in total. The van der Waals surface area contributed by atoms with Crippen molar-refractivity contribution >= 4 is 23.5 Å². The van der Waals surface area contributed by atoms with Crippen LogP contribution in [0.25, 0.3) is 0 Å². The second-order valence-electron chi connectivity index (χ2n) is 6.02. The molecule has 25 heavy (non-hydrogen) atoms. The van der Waals surface area contributed by atoms with Crippen molar-refractivity contribution in [3.05, 3.63) is 64.0 Å². The van der Waals surface area contributed by atoms with Crippen LogP contribution in [-0.4, -0.2) is 21.2 Å². The van der Waals surface area contributed by atoms with Gasteiger partial charge in [-0.1, -0.05) is 49.0 Å². The van der Waals surface area contributed by atoms with Crippen molar-refractivity contribution in [1.29, 1.82) is 0 Å². The summed E-state index contributed by atoms with van der Waals surface area (Å²) in [6, 6.07) is 8.11. The third kappa shape index (κ3) is 3.39. The Morgan fingerprint density at radius 3 is 2.72 bits per heavy atom. The number of aryl methyl sites for hydroxylation is 1. The van der Waals surface area contributed by atoms with Gasteiger partial charge in [0, 0.05) is 25.1 Å². The fourth-order valence-corrected chi connectivity index (χ4v) is 3.77. The van der Waals surface area contributed by atoms with Crippen molar-refractivity contribution in [1.82, 2.24) is 9.55 Å². The summed E-state index contributed by atoms with van der Waals surface area (Å²) in [5, 5.41) is 3.43. The van der Waals surface area contributed by atoms with Gasteiger partial charge in [-0.25, -0.2) is 0 Å². The minimum atomic E-state index is -0.274. The number of benzene rings is 1. The molecule has 2 aromatic rings. The zero-order valence-corrected chi connectivity index (χ0v) is 15.2. The monoisotopic (exact) mass is 355 g/mol. The summed E-state index contributed by atoms with van der Waals surface area (Å²) in [7, 11) is 1.82. The number of nitrogens with one attached hydrogen (secondary N) is 1. The molecule has 0 saturated carbocycles. The fourth-order valence-electron chi connectivity index (χ4n) is 3.07. The Hall–Kier alpha value is -2.34. The van der Waals surface area contributed by atoms with Gasteiger partial charge in [0.15, 0.2) is 5.16 Å². The lowest BCUT2D eigenvalue weighted by molar-refractivity contribution is -0.116. The average Bonchev–Trinajstić information content (AvgIpc) is 2.62. The van der Waals surface area contributed by atoms with Crippen LogP contribution in [0.1, 0.15) is 36.0 Å². The van der Waals surface area contributed by atoms with Crippen molar-refractivity contribution < 1.29 is 4.79 Å². The molecule has 1 aliphatic heterocycles. The van der Waals surface area contributed by atoms with Gasteiger partial charge in [0.2, 0.25) is 5.91 Å². The highest BCUT2D eigenvalue weighted by Crippen LogP contribution is 2.35. The molecular formula is C19H21N3O2S. The number of aromatic nitrogens is 2. The first kappa shape index (κ1) is 17.5. The SMILES string of the molecule is C=CCSc1nc(=O)c2c(n1C)NC(=O)C[C@@H]2c1ccc(CC)cc1. The van der Waals surface area contributed by atoms with E-state index in [1.807, 2.05) is 31.3 Å². The number of fused-ring (bicyclic) bond motifs is 1. The van der Waals surface area contributed by atoms with Gasteiger partial charge in [-0.3, -0.25) is 9.59 Å². The number of thioether (sulfide) groups is 1. The molecule has 0 unspecified atom stereocenters. The number of amides is 1. The zero-order chi connectivity index (χ0) is 18.0. The van der Waals surface area contributed by atoms with Gasteiger partial charge in [0.25, 0.3) is 5.56 Å². The van der Waals surface area contributed by atoms with E-state index in [0.29, 0.717) is 22.3 Å². The van der Waals surface area contributed by atoms with E-state index in [4.69, 9.17) is 0 Å². The highest BCUT2D eigenvalue weighted by Gasteiger charge is 2.31. The Morgan fingerprint density at radius 1 is 1.36 bits per heavy atom. The molecule has 0 spiro atoms. The molecule has 0 fully saturated rings. The van der Waals surface area contributed by atoms with Crippen LogP contribution in [0.5, 0.6) is 0 Å². The van der Waals surface area contributed by atoms with E-state index >= 15 is 0 Å². The second-order valence-corrected chi connectivity index (χ2v) is 7.01. The van der Waals surface area contributed by atoms with E-state index in [0.717, 1.165) is 12.0 Å². The summed E-state index contributed by atoms with van der Waals surface area (Å²) in [4.78, 5) is 29.2. The minimum absolute atomic E-state index is 0.0852. The van der Waals surface area contributed by atoms with Crippen LogP contribution in [-0.2, 0) is 18.3 Å². The second kappa shape index (κ2) is 7.27. The van der Waals surface area contributed by atoms with Crippen LogP contribution in [0.3, 0.4) is 0 Å². The largest absolute Gasteiger partial charge is 0.312 e. The van der Waals surface area contributed by atoms with E-state index in [1.54, 1.807) is 10.6 Å². The van der Waals surface area contributed by atoms with Gasteiger partial charge < -0.3 is 9.88 Å². The predicted octanol–water partition coefficient (Wildman–Crippen LogP) is 3.09. The van der Waals surface area contributed by atoms with Crippen LogP contribution in [0.4, 0.5) is 5.82 Å². The van der Waals surface area contributed by atoms with Crippen LogP contribution >= 0.6 is 11.8 Å². The number of anilines is 1. The molecule has 1 aromatic carbocycles. The molecule has 0 bridgehead atoms. The molecule has 0 saturated heterocycles. The Labute approximate surface area is 151 Å². The maximum atomic E-state index is 12.7. The van der Waals surface area contributed by atoms with Gasteiger partial charge in [0.1, 0.15) is 5.82 Å². The van der Waals surface area contributed by atoms with E-state index in [9.17, 15) is 9.59 Å². The van der Waals surface area contributed by atoms with Gasteiger partial charge in [-0.05, 0) is 17.5 Å². The Morgan fingerprint density at radius 2 is 2.08 bits per heavy atom. The third-order valence-electron chi connectivity index (χ3n) is 4.42. The maximum Gasteiger partial charge on any atom is 0.279 e. The van der Waals surface area contributed by atoms with Crippen LogP contribution in [0.15, 0.2) is 46.9 Å². The summed E-state index contributed by atoms with van der Waals surface area (Å²) in [5.41, 5.74) is 2.49. The summed E-state index contributed by atoms with van der Waals surface area (Å²) in [6.07, 6.45) is 2.97. The van der Waals surface area contributed by atoms with Crippen molar-refractivity contribution in [3.8, 4) is 0 Å². The zero-order valence-electron chi connectivity index (χ0n) is 14.4. The van der Waals surface area contributed by atoms with Crippen molar-refractivity contribution in [3.63, 3.8) is 0 Å². The summed E-state index contributed by atoms with van der Waals surface area (Å²) in [5.74, 6) is 0.846. The van der Waals surface area contributed by atoms with E-state index in [1.165, 1.54) is 17.3 Å². The van der Waals surface area contributed by atoms with E-state index in [2.05, 4.69) is 23.8 Å². The first-order valence-electron chi connectivity index (χ1n) is 8.28. The highest BCUT2D eigenvalue weighted by molar-refractivity contribution is 7.99. The molecule has 1 N–H and O–H groups in total. The van der Waals surface area contributed by atoms with Gasteiger partial charge in [-0.2, -0.15) is 4.98 Å². The molecule has 130 valence electrons. The van der Waals surface area contributed by atoms with Gasteiger partial charge in [0.05, 0.1) is 5.56 Å². The molecular weight excluding hydrogens is 334 g/mol. The first-order chi connectivity index (χ1) is 12.0. The molecule has 0 aliphatic carbocycles. The Kier molecular flexibility index (Phi) is 5.08. The number of nitrogens with zero attached hydrogens (tertiary/aromatic N) is 2. The number of carbonyl (C=O) groups excluding carboxylic acids is 1. The molecule has 1 aromatic heterocycles. The minimum Gasteiger partial charge on any atom is -0.312 e. The molecule has 2 heterocycles. The van der Waals surface area contributed by atoms with Crippen LogP contribution < -0.4 is 10.9 Å². The van der Waals surface area contributed by atoms with Gasteiger partial charge >= 0.3 is 0 Å². The van der Waals surface area contributed by atoms with E-state index in [-0.39, 0.29) is 23.8 Å². The van der Waals surface area contributed by atoms with Crippen molar-refractivity contribution in [2.75, 3.05) is 11.1 Å². The molecule has 1 aliphatic rings. The van der Waals surface area contributed by atoms with Crippen LogP contribution in [0.2, 0.25) is 0 Å². The summed E-state index contributed by atoms with van der Waals surface area (Å²) < 4.78 is 1.79. The fraction of sp³-hybridized carbons (Fsp3) is 0.316. The van der Waals surface area contributed by atoms with Crippen LogP contribution in [0, 0.1) is 0 Å². The Bertz CT molecular complexity index is 871. The lowest BCUT2D eigenvalue weighted by atomic mass is 9.86. The normalized spacial score (nSPS) is 16.2. The molecule has 6 heteroatoms. The predicted molar refractivity (Wildman–Crippen MR) is 101 cm³/mol. The first-order valence-corrected chi connectivity index (χ1v) is 9.27. The lowest BCUT2D eigenvalue weighted by Crippen LogP contribution is -2.33. The van der Waals surface area contributed by atoms with E-state index < -0.39 is 0 Å². The number of rotatable bonds is 5. The lowest BCUT2D eigenvalue weighted by Gasteiger charge is -2.27. The average molecular weight is 355 g/mol. The number of hydrogen-bond donors (Lipinski definition) is 1. The topological polar surface area (TPSA) is 64.0 Å². The molecule has 1 atom stereocenters. The molecule has 3 rings (SSSR count). The smallest absolute Gasteiger partial charge is 0.279 e. The summed E-state index contributed by atoms with van der Waals surface area (Å²) >= 11 is 1.42. The standard InChI is InChI=1S/C19H21N3O2S/c1-4-10-25-19-21-18(24)16-14(11-15(23)20-17(16)22(19)3)13-8-6-12(5-2)7-9-13/h4,6-9,14H,1,5,10-11H2,2-3H3,(H,20,23)/t14-/m1/s1. The maximum absolute atomic E-state index is 12.7. The van der Waals surface area contributed by atoms with Crippen molar-refractivity contribution in [2.45, 2.75) is 30.8 Å². The number of hydrogen-bond acceptors (Lipinski definition) is 4. The van der Waals surface area contributed by atoms with Gasteiger partial charge in [-0.15, -0.1) is 6.58 Å². The number of carbonyl (C=O) groups is 1. The third-order valence-corrected chi connectivity index (χ3v) is 5.45. The highest BCUT2D eigenvalue weighted by atomic mass is 32.2. The molecule has 0 radical (unpaired) electrons. The van der Waals surface area contributed by atoms with Crippen molar-refractivity contribution in [2.24, 2.45) is 7.05 Å².